The average molecular weight is 376 g/mol. The molecule has 1 heterocycles. The summed E-state index contributed by atoms with van der Waals surface area (Å²) >= 11 is 0. The first-order valence-electron chi connectivity index (χ1n) is 7.52. The van der Waals surface area contributed by atoms with Crippen LogP contribution in [0.3, 0.4) is 0 Å². The third-order valence-electron chi connectivity index (χ3n) is 3.38. The molecule has 1 saturated heterocycles. The Morgan fingerprint density at radius 1 is 1.24 bits per heavy atom. The molecule has 0 spiro atoms. The van der Waals surface area contributed by atoms with E-state index in [-0.39, 0.29) is 0 Å². The van der Waals surface area contributed by atoms with Gasteiger partial charge in [0.05, 0.1) is 6.04 Å². The monoisotopic (exact) mass is 376 g/mol. The third-order valence-corrected chi connectivity index (χ3v) is 3.38. The zero-order chi connectivity index (χ0) is 19.6. The zero-order valence-electron chi connectivity index (χ0n) is 14.2. The van der Waals surface area contributed by atoms with Gasteiger partial charge in [-0.3, -0.25) is 9.53 Å². The van der Waals surface area contributed by atoms with Crippen molar-refractivity contribution in [2.45, 2.75) is 70.7 Å². The summed E-state index contributed by atoms with van der Waals surface area (Å²) in [6, 6.07) is -2.57. The van der Waals surface area contributed by atoms with Crippen molar-refractivity contribution in [2.24, 2.45) is 0 Å². The van der Waals surface area contributed by atoms with E-state index in [0.717, 1.165) is 4.90 Å². The molecule has 2 amide bonds. The maximum atomic E-state index is 12.7. The number of carbonyl (C=O) groups is 2. The normalized spacial score (nSPS) is 22.4. The van der Waals surface area contributed by atoms with Gasteiger partial charge in [-0.1, -0.05) is 0 Å². The molecule has 1 aliphatic rings. The molecule has 0 radical (unpaired) electrons. The molecular weight excluding hydrogens is 355 g/mol. The molecule has 0 bridgehead atoms. The molecule has 146 valence electrons. The fourth-order valence-electron chi connectivity index (χ4n) is 2.22. The van der Waals surface area contributed by atoms with E-state index >= 15 is 0 Å². The number of likely N-dealkylation sites (tertiary alicyclic amines) is 1. The van der Waals surface area contributed by atoms with Gasteiger partial charge in [-0.05, 0) is 27.7 Å². The van der Waals surface area contributed by atoms with Crippen molar-refractivity contribution in [2.75, 3.05) is 6.54 Å². The maximum Gasteiger partial charge on any atom is 0.522 e. The predicted octanol–water partition coefficient (Wildman–Crippen LogP) is 2.67. The van der Waals surface area contributed by atoms with Crippen LogP contribution in [-0.2, 0) is 14.3 Å². The fraction of sp³-hybridized carbons (Fsp3) is 0.857. The van der Waals surface area contributed by atoms with E-state index in [4.69, 9.17) is 4.74 Å². The first-order valence-corrected chi connectivity index (χ1v) is 7.52. The number of nitrogens with one attached hydrogen (secondary N) is 1. The fourth-order valence-corrected chi connectivity index (χ4v) is 2.22. The minimum absolute atomic E-state index is 0.407. The van der Waals surface area contributed by atoms with Crippen LogP contribution < -0.4 is 5.32 Å². The average Bonchev–Trinajstić information content (AvgIpc) is 2.37. The molecule has 1 rings (SSSR count). The van der Waals surface area contributed by atoms with Crippen LogP contribution in [0.2, 0.25) is 0 Å². The number of alkyl carbamates (subject to hydrolysis) is 1. The molecule has 0 aliphatic carbocycles. The number of rotatable bonds is 5. The van der Waals surface area contributed by atoms with Crippen LogP contribution in [0.25, 0.3) is 0 Å². The Bertz CT molecular complexity index is 493. The molecule has 1 aliphatic heterocycles. The lowest BCUT2D eigenvalue weighted by Crippen LogP contribution is -2.66. The lowest BCUT2D eigenvalue weighted by atomic mass is 9.98. The Hall–Kier alpha value is -1.65. The highest BCUT2D eigenvalue weighted by Gasteiger charge is 2.47. The van der Waals surface area contributed by atoms with E-state index in [0.29, 0.717) is 0 Å². The molecule has 0 aromatic rings. The summed E-state index contributed by atoms with van der Waals surface area (Å²) in [7, 11) is 0. The molecule has 3 atom stereocenters. The number of ether oxygens (including phenoxy) is 2. The molecule has 1 unspecified atom stereocenters. The van der Waals surface area contributed by atoms with E-state index < -0.39 is 61.5 Å². The summed E-state index contributed by atoms with van der Waals surface area (Å²) in [5, 5.41) is 2.04. The van der Waals surface area contributed by atoms with Gasteiger partial charge >= 0.3 is 12.5 Å². The summed E-state index contributed by atoms with van der Waals surface area (Å²) in [4.78, 5) is 24.9. The highest BCUT2D eigenvalue weighted by Crippen LogP contribution is 2.29. The van der Waals surface area contributed by atoms with Gasteiger partial charge in [0.15, 0.2) is 0 Å². The van der Waals surface area contributed by atoms with E-state index in [1.165, 1.54) is 6.92 Å². The molecule has 11 heteroatoms. The largest absolute Gasteiger partial charge is 0.522 e. The van der Waals surface area contributed by atoms with Crippen molar-refractivity contribution >= 4 is 12.0 Å². The number of alkyl halides is 5. The van der Waals surface area contributed by atoms with Crippen LogP contribution in [0.15, 0.2) is 0 Å². The molecule has 0 saturated carbocycles. The smallest absolute Gasteiger partial charge is 0.444 e. The molecule has 25 heavy (non-hydrogen) atoms. The minimum Gasteiger partial charge on any atom is -0.444 e. The Morgan fingerprint density at radius 3 is 2.20 bits per heavy atom. The molecular formula is C14H21F5N2O4. The predicted molar refractivity (Wildman–Crippen MR) is 75.9 cm³/mol. The van der Waals surface area contributed by atoms with Gasteiger partial charge in [0, 0.05) is 13.0 Å². The van der Waals surface area contributed by atoms with E-state index in [2.05, 4.69) is 4.74 Å². The number of carbonyl (C=O) groups excluding carboxylic acids is 2. The highest BCUT2D eigenvalue weighted by atomic mass is 19.4. The second-order valence-electron chi connectivity index (χ2n) is 6.66. The van der Waals surface area contributed by atoms with E-state index in [1.54, 1.807) is 20.8 Å². The van der Waals surface area contributed by atoms with Crippen LogP contribution in [0.5, 0.6) is 0 Å². The van der Waals surface area contributed by atoms with Crippen molar-refractivity contribution in [1.82, 2.24) is 10.2 Å². The molecule has 1 N–H and O–H groups in total. The third kappa shape index (κ3) is 7.00. The minimum atomic E-state index is -4.86. The summed E-state index contributed by atoms with van der Waals surface area (Å²) in [5.41, 5.74) is -0.905. The lowest BCUT2D eigenvalue weighted by molar-refractivity contribution is -0.359. The van der Waals surface area contributed by atoms with Gasteiger partial charge in [-0.25, -0.2) is 13.6 Å². The van der Waals surface area contributed by atoms with E-state index in [9.17, 15) is 31.5 Å². The van der Waals surface area contributed by atoms with Crippen molar-refractivity contribution in [3.63, 3.8) is 0 Å². The van der Waals surface area contributed by atoms with Gasteiger partial charge < -0.3 is 15.0 Å². The number of nitrogens with zero attached hydrogens (tertiary/aromatic N) is 1. The summed E-state index contributed by atoms with van der Waals surface area (Å²) in [6.45, 7) is 5.53. The molecule has 1 fully saturated rings. The van der Waals surface area contributed by atoms with Crippen molar-refractivity contribution in [3.05, 3.63) is 0 Å². The van der Waals surface area contributed by atoms with Gasteiger partial charge in [0.2, 0.25) is 12.3 Å². The standard InChI is InChI=1S/C14H21F5N2O4/c1-7-9(24-14(17,18)19)6-21(7)11(22)8(5-10(15)16)20-12(23)25-13(2,3)4/h7-10H,5-6H2,1-4H3,(H,20,23)/t7-,8?,9-/m0/s1. The van der Waals surface area contributed by atoms with Crippen molar-refractivity contribution < 1.29 is 41.0 Å². The molecule has 6 nitrogen and oxygen atoms in total. The highest BCUT2D eigenvalue weighted by molar-refractivity contribution is 5.86. The SMILES string of the molecule is C[C@H]1[C@@H](OC(F)(F)F)CN1C(=O)C(CC(F)F)NC(=O)OC(C)(C)C. The van der Waals surface area contributed by atoms with Gasteiger partial charge in [0.25, 0.3) is 0 Å². The zero-order valence-corrected chi connectivity index (χ0v) is 14.2. The van der Waals surface area contributed by atoms with Gasteiger partial charge in [-0.2, -0.15) is 0 Å². The molecule has 0 aromatic carbocycles. The van der Waals surface area contributed by atoms with Crippen LogP contribution in [-0.4, -0.2) is 60.0 Å². The number of halogens is 5. The first-order chi connectivity index (χ1) is 11.2. The maximum absolute atomic E-state index is 12.7. The summed E-state index contributed by atoms with van der Waals surface area (Å²) in [5.74, 6) is -0.916. The Morgan fingerprint density at radius 2 is 1.80 bits per heavy atom. The second kappa shape index (κ2) is 7.71. The van der Waals surface area contributed by atoms with Gasteiger partial charge in [-0.15, -0.1) is 13.2 Å². The topological polar surface area (TPSA) is 67.9 Å². The lowest BCUT2D eigenvalue weighted by Gasteiger charge is -2.47. The Labute approximate surface area is 141 Å². The van der Waals surface area contributed by atoms with Crippen molar-refractivity contribution in [3.8, 4) is 0 Å². The number of amides is 2. The second-order valence-corrected chi connectivity index (χ2v) is 6.66. The van der Waals surface area contributed by atoms with Crippen LogP contribution in [0.4, 0.5) is 26.7 Å². The number of hydrogen-bond acceptors (Lipinski definition) is 4. The molecule has 0 aromatic heterocycles. The van der Waals surface area contributed by atoms with Crippen molar-refractivity contribution in [1.29, 1.82) is 0 Å². The Balaban J connectivity index is 2.70. The van der Waals surface area contributed by atoms with Crippen LogP contribution in [0.1, 0.15) is 34.1 Å². The first kappa shape index (κ1) is 21.4. The summed E-state index contributed by atoms with van der Waals surface area (Å²) in [6.07, 6.45) is -11.1. The quantitative estimate of drug-likeness (QED) is 0.750. The van der Waals surface area contributed by atoms with Crippen LogP contribution >= 0.6 is 0 Å². The van der Waals surface area contributed by atoms with E-state index in [1.807, 2.05) is 5.32 Å². The van der Waals surface area contributed by atoms with Crippen LogP contribution in [0, 0.1) is 0 Å². The number of hydrogen-bond donors (Lipinski definition) is 1. The Kier molecular flexibility index (Phi) is 6.60. The van der Waals surface area contributed by atoms with Gasteiger partial charge in [0.1, 0.15) is 17.7 Å². The summed E-state index contributed by atoms with van der Waals surface area (Å²) < 4.78 is 70.7.